The van der Waals surface area contributed by atoms with Gasteiger partial charge in [-0.3, -0.25) is 9.89 Å². The number of nitrogens with one attached hydrogen (secondary N) is 2. The lowest BCUT2D eigenvalue weighted by Crippen LogP contribution is -2.12. The highest BCUT2D eigenvalue weighted by atomic mass is 16.1. The summed E-state index contributed by atoms with van der Waals surface area (Å²) in [6.45, 7) is 0. The number of benzene rings is 3. The number of rotatable bonds is 3. The fourth-order valence-corrected chi connectivity index (χ4v) is 2.84. The number of nitrogen functional groups attached to an aromatic ring is 1. The predicted octanol–water partition coefficient (Wildman–Crippen LogP) is 4.06. The zero-order chi connectivity index (χ0) is 17.2. The van der Waals surface area contributed by atoms with Crippen LogP contribution in [0.4, 0.5) is 11.4 Å². The number of anilines is 2. The molecule has 0 fully saturated rings. The summed E-state index contributed by atoms with van der Waals surface area (Å²) < 4.78 is 0. The minimum atomic E-state index is -0.189. The van der Waals surface area contributed by atoms with Crippen molar-refractivity contribution < 1.29 is 4.79 Å². The number of H-pyrrole nitrogens is 1. The minimum Gasteiger partial charge on any atom is -0.399 e. The fraction of sp³-hybridized carbons (Fsp3) is 0. The maximum absolute atomic E-state index is 12.8. The number of para-hydroxylation sites is 1. The molecule has 4 aromatic rings. The summed E-state index contributed by atoms with van der Waals surface area (Å²) in [6.07, 6.45) is 1.71. The number of amides is 1. The summed E-state index contributed by atoms with van der Waals surface area (Å²) in [5, 5.41) is 10.8. The number of carbonyl (C=O) groups is 1. The van der Waals surface area contributed by atoms with Crippen molar-refractivity contribution in [3.8, 4) is 11.1 Å². The van der Waals surface area contributed by atoms with Gasteiger partial charge in [-0.15, -0.1) is 0 Å². The van der Waals surface area contributed by atoms with Gasteiger partial charge in [-0.05, 0) is 47.5 Å². The van der Waals surface area contributed by atoms with Crippen molar-refractivity contribution in [1.29, 1.82) is 0 Å². The van der Waals surface area contributed by atoms with E-state index in [9.17, 15) is 4.79 Å². The Morgan fingerprint density at radius 1 is 0.960 bits per heavy atom. The number of hydrogen-bond donors (Lipinski definition) is 3. The second-order valence-electron chi connectivity index (χ2n) is 5.80. The van der Waals surface area contributed by atoms with E-state index in [2.05, 4.69) is 15.5 Å². The Kier molecular flexibility index (Phi) is 3.67. The van der Waals surface area contributed by atoms with Crippen molar-refractivity contribution >= 4 is 28.2 Å². The van der Waals surface area contributed by atoms with Crippen molar-refractivity contribution in [2.45, 2.75) is 0 Å². The van der Waals surface area contributed by atoms with E-state index in [0.717, 1.165) is 22.2 Å². The number of fused-ring (bicyclic) bond motifs is 1. The molecule has 4 rings (SSSR count). The van der Waals surface area contributed by atoms with E-state index < -0.39 is 0 Å². The van der Waals surface area contributed by atoms with Crippen LogP contribution < -0.4 is 11.1 Å². The highest BCUT2D eigenvalue weighted by Gasteiger charge is 2.14. The third kappa shape index (κ3) is 2.95. The average Bonchev–Trinajstić information content (AvgIpc) is 3.10. The molecule has 0 aliphatic carbocycles. The zero-order valence-electron chi connectivity index (χ0n) is 13.4. The van der Waals surface area contributed by atoms with Crippen LogP contribution in [-0.2, 0) is 0 Å². The molecule has 5 nitrogen and oxygen atoms in total. The molecule has 0 aliphatic rings. The quantitative estimate of drug-likeness (QED) is 0.496. The van der Waals surface area contributed by atoms with Gasteiger partial charge in [-0.25, -0.2) is 0 Å². The van der Waals surface area contributed by atoms with E-state index in [1.807, 2.05) is 66.7 Å². The van der Waals surface area contributed by atoms with E-state index in [0.29, 0.717) is 16.8 Å². The Labute approximate surface area is 144 Å². The SMILES string of the molecule is Nc1cccc(-c2cc(C(=O)Nc3ccccc3)c3[nH]ncc3c2)c1. The molecule has 0 spiro atoms. The molecule has 1 amide bonds. The second kappa shape index (κ2) is 6.13. The number of aromatic amines is 1. The van der Waals surface area contributed by atoms with Crippen LogP contribution in [0.3, 0.4) is 0 Å². The second-order valence-corrected chi connectivity index (χ2v) is 5.80. The van der Waals surface area contributed by atoms with Gasteiger partial charge in [0.25, 0.3) is 5.91 Å². The van der Waals surface area contributed by atoms with Crippen molar-refractivity contribution in [2.75, 3.05) is 11.1 Å². The first-order chi connectivity index (χ1) is 12.2. The molecule has 1 aromatic heterocycles. The largest absolute Gasteiger partial charge is 0.399 e. The third-order valence-corrected chi connectivity index (χ3v) is 4.05. The van der Waals surface area contributed by atoms with E-state index in [4.69, 9.17) is 5.73 Å². The van der Waals surface area contributed by atoms with Crippen molar-refractivity contribution in [2.24, 2.45) is 0 Å². The topological polar surface area (TPSA) is 83.8 Å². The Hall–Kier alpha value is -3.60. The Bertz CT molecular complexity index is 1050. The molecule has 122 valence electrons. The molecule has 5 heteroatoms. The lowest BCUT2D eigenvalue weighted by molar-refractivity contribution is 0.102. The van der Waals surface area contributed by atoms with Gasteiger partial charge in [-0.1, -0.05) is 30.3 Å². The van der Waals surface area contributed by atoms with E-state index in [-0.39, 0.29) is 5.91 Å². The van der Waals surface area contributed by atoms with Crippen LogP contribution in [0.25, 0.3) is 22.0 Å². The van der Waals surface area contributed by atoms with Gasteiger partial charge in [0, 0.05) is 16.8 Å². The number of hydrogen-bond acceptors (Lipinski definition) is 3. The van der Waals surface area contributed by atoms with Crippen LogP contribution in [0.1, 0.15) is 10.4 Å². The number of nitrogens with two attached hydrogens (primary N) is 1. The van der Waals surface area contributed by atoms with Crippen LogP contribution >= 0.6 is 0 Å². The highest BCUT2D eigenvalue weighted by Crippen LogP contribution is 2.28. The highest BCUT2D eigenvalue weighted by molar-refractivity contribution is 6.13. The van der Waals surface area contributed by atoms with E-state index >= 15 is 0 Å². The van der Waals surface area contributed by atoms with Crippen LogP contribution in [0.5, 0.6) is 0 Å². The lowest BCUT2D eigenvalue weighted by atomic mass is 9.99. The molecule has 4 N–H and O–H groups in total. The molecule has 0 atom stereocenters. The molecule has 0 aliphatic heterocycles. The van der Waals surface area contributed by atoms with Crippen molar-refractivity contribution in [3.05, 3.63) is 78.5 Å². The Morgan fingerprint density at radius 3 is 2.60 bits per heavy atom. The zero-order valence-corrected chi connectivity index (χ0v) is 13.4. The molecule has 0 radical (unpaired) electrons. The van der Waals surface area contributed by atoms with Gasteiger partial charge in [-0.2, -0.15) is 5.10 Å². The summed E-state index contributed by atoms with van der Waals surface area (Å²) in [5.41, 5.74) is 10.4. The molecule has 0 saturated carbocycles. The standard InChI is InChI=1S/C20H16N4O/c21-16-6-4-5-13(10-16)14-9-15-12-22-24-19(15)18(11-14)20(25)23-17-7-2-1-3-8-17/h1-12H,21H2,(H,22,24)(H,23,25). The van der Waals surface area contributed by atoms with Crippen molar-refractivity contribution in [1.82, 2.24) is 10.2 Å². The number of nitrogens with zero attached hydrogens (tertiary/aromatic N) is 1. The van der Waals surface area contributed by atoms with Gasteiger partial charge < -0.3 is 11.1 Å². The van der Waals surface area contributed by atoms with Crippen LogP contribution in [0.15, 0.2) is 72.9 Å². The normalized spacial score (nSPS) is 10.7. The summed E-state index contributed by atoms with van der Waals surface area (Å²) in [5.74, 6) is -0.189. The molecule has 25 heavy (non-hydrogen) atoms. The predicted molar refractivity (Wildman–Crippen MR) is 100 cm³/mol. The van der Waals surface area contributed by atoms with Gasteiger partial charge >= 0.3 is 0 Å². The fourth-order valence-electron chi connectivity index (χ4n) is 2.84. The molecule has 0 bridgehead atoms. The van der Waals surface area contributed by atoms with Gasteiger partial charge in [0.15, 0.2) is 0 Å². The lowest BCUT2D eigenvalue weighted by Gasteiger charge is -2.09. The molecule has 0 unspecified atom stereocenters. The smallest absolute Gasteiger partial charge is 0.257 e. The van der Waals surface area contributed by atoms with E-state index in [1.165, 1.54) is 0 Å². The Morgan fingerprint density at radius 2 is 1.80 bits per heavy atom. The summed E-state index contributed by atoms with van der Waals surface area (Å²) in [7, 11) is 0. The summed E-state index contributed by atoms with van der Waals surface area (Å²) >= 11 is 0. The molecular formula is C20H16N4O. The van der Waals surface area contributed by atoms with Gasteiger partial charge in [0.2, 0.25) is 0 Å². The van der Waals surface area contributed by atoms with Crippen molar-refractivity contribution in [3.63, 3.8) is 0 Å². The third-order valence-electron chi connectivity index (χ3n) is 4.05. The first kappa shape index (κ1) is 15.0. The number of carbonyl (C=O) groups excluding carboxylic acids is 1. The van der Waals surface area contributed by atoms with Gasteiger partial charge in [0.05, 0.1) is 17.3 Å². The van der Waals surface area contributed by atoms with Crippen LogP contribution in [-0.4, -0.2) is 16.1 Å². The molecule has 0 saturated heterocycles. The molecular weight excluding hydrogens is 312 g/mol. The van der Waals surface area contributed by atoms with Gasteiger partial charge in [0.1, 0.15) is 0 Å². The molecule has 3 aromatic carbocycles. The maximum Gasteiger partial charge on any atom is 0.257 e. The maximum atomic E-state index is 12.8. The monoisotopic (exact) mass is 328 g/mol. The molecule has 1 heterocycles. The average molecular weight is 328 g/mol. The van der Waals surface area contributed by atoms with Crippen LogP contribution in [0.2, 0.25) is 0 Å². The first-order valence-corrected chi connectivity index (χ1v) is 7.90. The summed E-state index contributed by atoms with van der Waals surface area (Å²) in [4.78, 5) is 12.8. The van der Waals surface area contributed by atoms with Crippen LogP contribution in [0, 0.1) is 0 Å². The number of aromatic nitrogens is 2. The summed E-state index contributed by atoms with van der Waals surface area (Å²) in [6, 6.07) is 20.8. The first-order valence-electron chi connectivity index (χ1n) is 7.90. The Balaban J connectivity index is 1.80. The van der Waals surface area contributed by atoms with E-state index in [1.54, 1.807) is 6.20 Å². The minimum absolute atomic E-state index is 0.189.